The number of carbonyl (C=O) groups excluding carboxylic acids is 1. The molecule has 2 aromatic heterocycles. The highest BCUT2D eigenvalue weighted by atomic mass is 16.5. The van der Waals surface area contributed by atoms with Crippen molar-refractivity contribution in [1.29, 1.82) is 0 Å². The van der Waals surface area contributed by atoms with Crippen molar-refractivity contribution in [2.75, 3.05) is 23.9 Å². The van der Waals surface area contributed by atoms with Crippen molar-refractivity contribution in [2.45, 2.75) is 6.17 Å². The Kier molecular flexibility index (Phi) is 3.20. The molecule has 1 unspecified atom stereocenters. The predicted molar refractivity (Wildman–Crippen MR) is 74.2 cm³/mol. The smallest absolute Gasteiger partial charge is 0.325 e. The molecular weight excluding hydrogens is 256 g/mol. The number of pyridine rings is 2. The maximum Gasteiger partial charge on any atom is 0.325 e. The predicted octanol–water partition coefficient (Wildman–Crippen LogP) is 1.58. The van der Waals surface area contributed by atoms with E-state index in [0.29, 0.717) is 0 Å². The van der Waals surface area contributed by atoms with E-state index in [2.05, 4.69) is 15.3 Å². The van der Waals surface area contributed by atoms with Crippen LogP contribution in [0.4, 0.5) is 11.5 Å². The first-order chi connectivity index (χ1) is 9.79. The molecule has 0 saturated heterocycles. The minimum atomic E-state index is -0.301. The Balaban J connectivity index is 1.96. The molecule has 2 aromatic rings. The van der Waals surface area contributed by atoms with E-state index in [-0.39, 0.29) is 18.7 Å². The molecule has 1 N–H and O–H groups in total. The molecule has 20 heavy (non-hydrogen) atoms. The van der Waals surface area contributed by atoms with Crippen LogP contribution in [0.5, 0.6) is 0 Å². The molecule has 0 spiro atoms. The molecule has 1 aliphatic heterocycles. The molecule has 1 aliphatic rings. The van der Waals surface area contributed by atoms with Crippen LogP contribution in [0.3, 0.4) is 0 Å². The Morgan fingerprint density at radius 3 is 2.90 bits per heavy atom. The van der Waals surface area contributed by atoms with Crippen LogP contribution >= 0.6 is 0 Å². The molecule has 102 valence electrons. The number of carbonyl (C=O) groups is 1. The second-order valence-corrected chi connectivity index (χ2v) is 4.38. The highest BCUT2D eigenvalue weighted by molar-refractivity contribution is 5.81. The molecule has 0 fully saturated rings. The van der Waals surface area contributed by atoms with Crippen molar-refractivity contribution in [3.8, 4) is 0 Å². The van der Waals surface area contributed by atoms with Crippen LogP contribution in [0.2, 0.25) is 0 Å². The van der Waals surface area contributed by atoms with Gasteiger partial charge in [-0.3, -0.25) is 9.78 Å². The van der Waals surface area contributed by atoms with Crippen LogP contribution < -0.4 is 10.2 Å². The van der Waals surface area contributed by atoms with Gasteiger partial charge in [-0.2, -0.15) is 0 Å². The van der Waals surface area contributed by atoms with Gasteiger partial charge in [0.15, 0.2) is 5.82 Å². The van der Waals surface area contributed by atoms with Gasteiger partial charge >= 0.3 is 5.97 Å². The van der Waals surface area contributed by atoms with Gasteiger partial charge in [-0.25, -0.2) is 4.98 Å². The highest BCUT2D eigenvalue weighted by Crippen LogP contribution is 2.38. The minimum Gasteiger partial charge on any atom is -0.468 e. The van der Waals surface area contributed by atoms with E-state index in [1.807, 2.05) is 35.2 Å². The van der Waals surface area contributed by atoms with E-state index >= 15 is 0 Å². The van der Waals surface area contributed by atoms with Crippen LogP contribution in [0.1, 0.15) is 11.9 Å². The van der Waals surface area contributed by atoms with Gasteiger partial charge in [0.1, 0.15) is 12.7 Å². The number of nitrogens with zero attached hydrogens (tertiary/aromatic N) is 3. The Morgan fingerprint density at radius 1 is 1.30 bits per heavy atom. The molecule has 0 aromatic carbocycles. The van der Waals surface area contributed by atoms with E-state index in [0.717, 1.165) is 17.2 Å². The molecule has 0 amide bonds. The average molecular weight is 270 g/mol. The molecule has 3 rings (SSSR count). The van der Waals surface area contributed by atoms with E-state index in [1.54, 1.807) is 12.4 Å². The number of methoxy groups -OCH3 is 1. The van der Waals surface area contributed by atoms with Crippen molar-refractivity contribution < 1.29 is 9.53 Å². The summed E-state index contributed by atoms with van der Waals surface area (Å²) in [5.74, 6) is 0.441. The van der Waals surface area contributed by atoms with Gasteiger partial charge in [-0.1, -0.05) is 6.07 Å². The number of aromatic nitrogens is 2. The minimum absolute atomic E-state index is 0.142. The maximum absolute atomic E-state index is 11.6. The highest BCUT2D eigenvalue weighted by Gasteiger charge is 2.32. The summed E-state index contributed by atoms with van der Waals surface area (Å²) in [6, 6.07) is 9.44. The van der Waals surface area contributed by atoms with Gasteiger partial charge in [-0.05, 0) is 24.3 Å². The Hall–Kier alpha value is -2.63. The summed E-state index contributed by atoms with van der Waals surface area (Å²) >= 11 is 0. The summed E-state index contributed by atoms with van der Waals surface area (Å²) in [5, 5.41) is 3.27. The lowest BCUT2D eigenvalue weighted by molar-refractivity contribution is -0.139. The van der Waals surface area contributed by atoms with Crippen molar-refractivity contribution >= 4 is 17.5 Å². The number of anilines is 2. The zero-order valence-electron chi connectivity index (χ0n) is 11.0. The summed E-state index contributed by atoms with van der Waals surface area (Å²) < 4.78 is 4.76. The lowest BCUT2D eigenvalue weighted by Crippen LogP contribution is -2.34. The topological polar surface area (TPSA) is 67.3 Å². The molecular formula is C14H14N4O2. The van der Waals surface area contributed by atoms with Gasteiger partial charge in [0, 0.05) is 12.4 Å². The van der Waals surface area contributed by atoms with Crippen LogP contribution in [-0.4, -0.2) is 29.6 Å². The van der Waals surface area contributed by atoms with Crippen molar-refractivity contribution in [1.82, 2.24) is 9.97 Å². The molecule has 3 heterocycles. The van der Waals surface area contributed by atoms with Crippen LogP contribution in [0.25, 0.3) is 0 Å². The number of hydrogen-bond acceptors (Lipinski definition) is 6. The molecule has 0 radical (unpaired) electrons. The number of ether oxygens (including phenoxy) is 1. The fraction of sp³-hybridized carbons (Fsp3) is 0.214. The number of fused-ring (bicyclic) bond motifs is 1. The summed E-state index contributed by atoms with van der Waals surface area (Å²) in [6.07, 6.45) is 3.22. The Bertz CT molecular complexity index is 618. The number of hydrogen-bond donors (Lipinski definition) is 1. The molecule has 6 nitrogen and oxygen atoms in total. The normalized spacial score (nSPS) is 16.4. The van der Waals surface area contributed by atoms with E-state index < -0.39 is 0 Å². The van der Waals surface area contributed by atoms with E-state index in [4.69, 9.17) is 4.74 Å². The van der Waals surface area contributed by atoms with Crippen molar-refractivity contribution in [2.24, 2.45) is 0 Å². The molecule has 0 aliphatic carbocycles. The monoisotopic (exact) mass is 270 g/mol. The first-order valence-corrected chi connectivity index (χ1v) is 6.25. The Morgan fingerprint density at radius 2 is 2.15 bits per heavy atom. The molecule has 0 saturated carbocycles. The molecule has 0 bridgehead atoms. The van der Waals surface area contributed by atoms with Gasteiger partial charge in [-0.15, -0.1) is 0 Å². The zero-order valence-corrected chi connectivity index (χ0v) is 11.0. The van der Waals surface area contributed by atoms with Gasteiger partial charge in [0.05, 0.1) is 18.5 Å². The fourth-order valence-electron chi connectivity index (χ4n) is 2.24. The van der Waals surface area contributed by atoms with Crippen molar-refractivity contribution in [3.05, 3.63) is 48.4 Å². The Labute approximate surface area is 116 Å². The molecule has 1 atom stereocenters. The third kappa shape index (κ3) is 2.16. The number of nitrogens with one attached hydrogen (secondary N) is 1. The quantitative estimate of drug-likeness (QED) is 0.854. The third-order valence-corrected chi connectivity index (χ3v) is 3.18. The van der Waals surface area contributed by atoms with Crippen molar-refractivity contribution in [3.63, 3.8) is 0 Å². The van der Waals surface area contributed by atoms with Gasteiger partial charge in [0.25, 0.3) is 0 Å². The SMILES string of the molecule is COC(=O)CN1c2cccnc2NC1c1ccccn1. The average Bonchev–Trinajstić information content (AvgIpc) is 2.87. The fourth-order valence-corrected chi connectivity index (χ4v) is 2.24. The van der Waals surface area contributed by atoms with Gasteiger partial charge < -0.3 is 15.0 Å². The second-order valence-electron chi connectivity index (χ2n) is 4.38. The van der Waals surface area contributed by atoms with E-state index in [1.165, 1.54) is 7.11 Å². The lowest BCUT2D eigenvalue weighted by atomic mass is 10.2. The standard InChI is InChI=1S/C14H14N4O2/c1-20-12(19)9-18-11-6-4-8-16-13(11)17-14(18)10-5-2-3-7-15-10/h2-8,14H,9H2,1H3,(H,16,17). The second kappa shape index (κ2) is 5.16. The third-order valence-electron chi connectivity index (χ3n) is 3.18. The van der Waals surface area contributed by atoms with Gasteiger partial charge in [0.2, 0.25) is 0 Å². The zero-order chi connectivity index (χ0) is 13.9. The van der Waals surface area contributed by atoms with Crippen LogP contribution in [-0.2, 0) is 9.53 Å². The summed E-state index contributed by atoms with van der Waals surface area (Å²) in [5.41, 5.74) is 1.70. The number of esters is 1. The summed E-state index contributed by atoms with van der Waals surface area (Å²) in [7, 11) is 1.38. The van der Waals surface area contributed by atoms with E-state index in [9.17, 15) is 4.79 Å². The first-order valence-electron chi connectivity index (χ1n) is 6.25. The number of rotatable bonds is 3. The molecule has 6 heteroatoms. The maximum atomic E-state index is 11.6. The summed E-state index contributed by atoms with van der Waals surface area (Å²) in [4.78, 5) is 22.2. The first kappa shape index (κ1) is 12.4. The largest absolute Gasteiger partial charge is 0.468 e. The lowest BCUT2D eigenvalue weighted by Gasteiger charge is -2.24. The van der Waals surface area contributed by atoms with Crippen LogP contribution in [0.15, 0.2) is 42.7 Å². The summed E-state index contributed by atoms with van der Waals surface area (Å²) in [6.45, 7) is 0.142. The van der Waals surface area contributed by atoms with Crippen LogP contribution in [0, 0.1) is 0 Å².